The van der Waals surface area contributed by atoms with E-state index in [0.717, 1.165) is 36.2 Å². The van der Waals surface area contributed by atoms with Crippen LogP contribution >= 0.6 is 27.5 Å². The zero-order valence-electron chi connectivity index (χ0n) is 11.4. The van der Waals surface area contributed by atoms with E-state index >= 15 is 0 Å². The molecule has 1 aromatic rings. The number of alkyl halides is 1. The fourth-order valence-electron chi connectivity index (χ4n) is 2.47. The highest BCUT2D eigenvalue weighted by Crippen LogP contribution is 2.30. The molecule has 0 aromatic heterocycles. The molecular weight excluding hydrogens is 326 g/mol. The zero-order valence-corrected chi connectivity index (χ0v) is 13.7. The molecule has 2 rings (SSSR count). The lowest BCUT2D eigenvalue weighted by atomic mass is 10.1. The first kappa shape index (κ1) is 15.1. The molecular formula is C15H21BrClNO. The molecule has 0 aliphatic carbocycles. The van der Waals surface area contributed by atoms with Gasteiger partial charge < -0.3 is 9.64 Å². The number of hydrogen-bond acceptors (Lipinski definition) is 2. The molecule has 106 valence electrons. The Bertz CT molecular complexity index is 413. The van der Waals surface area contributed by atoms with Gasteiger partial charge in [0.1, 0.15) is 0 Å². The highest BCUT2D eigenvalue weighted by molar-refractivity contribution is 9.10. The van der Waals surface area contributed by atoms with E-state index in [1.165, 1.54) is 18.5 Å². The molecule has 4 heteroatoms. The van der Waals surface area contributed by atoms with E-state index in [0.29, 0.717) is 12.0 Å². The van der Waals surface area contributed by atoms with Crippen LogP contribution in [-0.2, 0) is 10.6 Å². The standard InChI is InChI=1S/C15H21BrClNO/c1-2-8-19-13-4-3-7-18(11-13)15-6-5-12(10-17)9-14(15)16/h5-6,9,13H,2-4,7-8,10-11H2,1H3. The van der Waals surface area contributed by atoms with Crippen LogP contribution in [0.4, 0.5) is 5.69 Å². The number of hydrogen-bond donors (Lipinski definition) is 0. The fourth-order valence-corrected chi connectivity index (χ4v) is 3.31. The topological polar surface area (TPSA) is 12.5 Å². The second kappa shape index (κ2) is 7.51. The Morgan fingerprint density at radius 1 is 1.47 bits per heavy atom. The van der Waals surface area contributed by atoms with Gasteiger partial charge in [0.25, 0.3) is 0 Å². The SMILES string of the molecule is CCCOC1CCCN(c2ccc(CCl)cc2Br)C1. The molecule has 1 aliphatic heterocycles. The normalized spacial score (nSPS) is 19.7. The lowest BCUT2D eigenvalue weighted by Crippen LogP contribution is -2.40. The molecule has 0 radical (unpaired) electrons. The van der Waals surface area contributed by atoms with Crippen molar-refractivity contribution >= 4 is 33.2 Å². The summed E-state index contributed by atoms with van der Waals surface area (Å²) < 4.78 is 7.02. The fraction of sp³-hybridized carbons (Fsp3) is 0.600. The molecule has 1 aromatic carbocycles. The zero-order chi connectivity index (χ0) is 13.7. The number of piperidine rings is 1. The largest absolute Gasteiger partial charge is 0.376 e. The monoisotopic (exact) mass is 345 g/mol. The van der Waals surface area contributed by atoms with Crippen molar-refractivity contribution in [1.82, 2.24) is 0 Å². The molecule has 0 bridgehead atoms. The molecule has 2 nitrogen and oxygen atoms in total. The number of rotatable bonds is 5. The predicted molar refractivity (Wildman–Crippen MR) is 85.2 cm³/mol. The Morgan fingerprint density at radius 3 is 3.00 bits per heavy atom. The van der Waals surface area contributed by atoms with Gasteiger partial charge in [0.15, 0.2) is 0 Å². The van der Waals surface area contributed by atoms with Crippen LogP contribution in [0.2, 0.25) is 0 Å². The summed E-state index contributed by atoms with van der Waals surface area (Å²) >= 11 is 9.52. The van der Waals surface area contributed by atoms with E-state index < -0.39 is 0 Å². The molecule has 1 fully saturated rings. The van der Waals surface area contributed by atoms with Crippen molar-refractivity contribution in [2.24, 2.45) is 0 Å². The maximum absolute atomic E-state index is 5.89. The molecule has 0 amide bonds. The summed E-state index contributed by atoms with van der Waals surface area (Å²) in [5, 5.41) is 0. The quantitative estimate of drug-likeness (QED) is 0.723. The molecule has 19 heavy (non-hydrogen) atoms. The van der Waals surface area contributed by atoms with Crippen LogP contribution in [-0.4, -0.2) is 25.8 Å². The Labute approximate surface area is 129 Å². The minimum atomic E-state index is 0.369. The molecule has 0 N–H and O–H groups in total. The van der Waals surface area contributed by atoms with Gasteiger partial charge in [0, 0.05) is 30.0 Å². The van der Waals surface area contributed by atoms with Crippen LogP contribution < -0.4 is 4.90 Å². The van der Waals surface area contributed by atoms with Gasteiger partial charge in [-0.2, -0.15) is 0 Å². The van der Waals surface area contributed by atoms with Gasteiger partial charge in [-0.05, 0) is 52.9 Å². The van der Waals surface area contributed by atoms with E-state index in [1.54, 1.807) is 0 Å². The average Bonchev–Trinajstić information content (AvgIpc) is 2.45. The van der Waals surface area contributed by atoms with Crippen molar-refractivity contribution in [3.05, 3.63) is 28.2 Å². The van der Waals surface area contributed by atoms with E-state index in [9.17, 15) is 0 Å². The van der Waals surface area contributed by atoms with E-state index in [2.05, 4.69) is 46.0 Å². The van der Waals surface area contributed by atoms with Crippen molar-refractivity contribution in [3.8, 4) is 0 Å². The lowest BCUT2D eigenvalue weighted by molar-refractivity contribution is 0.0440. The molecule has 1 atom stereocenters. The number of benzene rings is 1. The van der Waals surface area contributed by atoms with Gasteiger partial charge in [-0.15, -0.1) is 11.6 Å². The maximum atomic E-state index is 5.89. The third-order valence-electron chi connectivity index (χ3n) is 3.44. The van der Waals surface area contributed by atoms with Crippen molar-refractivity contribution in [2.75, 3.05) is 24.6 Å². The highest BCUT2D eigenvalue weighted by Gasteiger charge is 2.21. The first-order valence-corrected chi connectivity index (χ1v) is 8.28. The Kier molecular flexibility index (Phi) is 5.99. The van der Waals surface area contributed by atoms with Crippen LogP contribution in [0.3, 0.4) is 0 Å². The molecule has 0 saturated carbocycles. The van der Waals surface area contributed by atoms with Gasteiger partial charge >= 0.3 is 0 Å². The highest BCUT2D eigenvalue weighted by atomic mass is 79.9. The molecule has 1 unspecified atom stereocenters. The van der Waals surface area contributed by atoms with Gasteiger partial charge in [-0.3, -0.25) is 0 Å². The molecule has 1 heterocycles. The van der Waals surface area contributed by atoms with Crippen LogP contribution in [0.1, 0.15) is 31.7 Å². The minimum absolute atomic E-state index is 0.369. The number of anilines is 1. The Hall–Kier alpha value is -0.250. The van der Waals surface area contributed by atoms with Crippen LogP contribution in [0, 0.1) is 0 Å². The Balaban J connectivity index is 2.04. The van der Waals surface area contributed by atoms with Crippen LogP contribution in [0.25, 0.3) is 0 Å². The Morgan fingerprint density at radius 2 is 2.32 bits per heavy atom. The number of nitrogens with zero attached hydrogens (tertiary/aromatic N) is 1. The minimum Gasteiger partial charge on any atom is -0.376 e. The molecule has 0 spiro atoms. The maximum Gasteiger partial charge on any atom is 0.0750 e. The molecule has 1 saturated heterocycles. The van der Waals surface area contributed by atoms with Crippen molar-refractivity contribution in [3.63, 3.8) is 0 Å². The second-order valence-electron chi connectivity index (χ2n) is 5.00. The van der Waals surface area contributed by atoms with Crippen molar-refractivity contribution in [1.29, 1.82) is 0 Å². The summed E-state index contributed by atoms with van der Waals surface area (Å²) in [6.45, 7) is 5.11. The van der Waals surface area contributed by atoms with E-state index in [-0.39, 0.29) is 0 Å². The van der Waals surface area contributed by atoms with E-state index in [1.807, 2.05) is 0 Å². The average molecular weight is 347 g/mol. The van der Waals surface area contributed by atoms with Crippen LogP contribution in [0.5, 0.6) is 0 Å². The summed E-state index contributed by atoms with van der Waals surface area (Å²) in [6.07, 6.45) is 3.82. The van der Waals surface area contributed by atoms with Gasteiger partial charge in [-0.25, -0.2) is 0 Å². The predicted octanol–water partition coefficient (Wildman–Crippen LogP) is 4.58. The first-order valence-electron chi connectivity index (χ1n) is 6.95. The number of halogens is 2. The summed E-state index contributed by atoms with van der Waals surface area (Å²) in [5.74, 6) is 0.557. The molecule has 1 aliphatic rings. The van der Waals surface area contributed by atoms with Gasteiger partial charge in [-0.1, -0.05) is 13.0 Å². The van der Waals surface area contributed by atoms with Crippen LogP contribution in [0.15, 0.2) is 22.7 Å². The third-order valence-corrected chi connectivity index (χ3v) is 4.39. The van der Waals surface area contributed by atoms with Crippen molar-refractivity contribution < 1.29 is 4.74 Å². The first-order chi connectivity index (χ1) is 9.24. The lowest BCUT2D eigenvalue weighted by Gasteiger charge is -2.35. The van der Waals surface area contributed by atoms with E-state index in [4.69, 9.17) is 16.3 Å². The second-order valence-corrected chi connectivity index (χ2v) is 6.12. The summed E-state index contributed by atoms with van der Waals surface area (Å²) in [4.78, 5) is 2.41. The number of ether oxygens (including phenoxy) is 1. The summed E-state index contributed by atoms with van der Waals surface area (Å²) in [5.41, 5.74) is 2.40. The summed E-state index contributed by atoms with van der Waals surface area (Å²) in [7, 11) is 0. The van der Waals surface area contributed by atoms with Gasteiger partial charge in [0.05, 0.1) is 11.8 Å². The smallest absolute Gasteiger partial charge is 0.0750 e. The van der Waals surface area contributed by atoms with Gasteiger partial charge in [0.2, 0.25) is 0 Å². The van der Waals surface area contributed by atoms with Crippen molar-refractivity contribution in [2.45, 2.75) is 38.2 Å². The summed E-state index contributed by atoms with van der Waals surface area (Å²) in [6, 6.07) is 6.37. The third kappa shape index (κ3) is 4.11.